The molecule has 3 atom stereocenters. The lowest BCUT2D eigenvalue weighted by atomic mass is 9.74. The van der Waals surface area contributed by atoms with E-state index in [2.05, 4.69) is 4.99 Å². The summed E-state index contributed by atoms with van der Waals surface area (Å²) in [5.74, 6) is -1.92. The van der Waals surface area contributed by atoms with Crippen molar-refractivity contribution in [3.05, 3.63) is 60.2 Å². The van der Waals surface area contributed by atoms with Crippen molar-refractivity contribution in [1.29, 1.82) is 0 Å². The van der Waals surface area contributed by atoms with Crippen molar-refractivity contribution in [2.45, 2.75) is 18.1 Å². The summed E-state index contributed by atoms with van der Waals surface area (Å²) in [7, 11) is 0. The molecule has 2 N–H and O–H groups in total. The van der Waals surface area contributed by atoms with Crippen LogP contribution in [-0.4, -0.2) is 22.4 Å². The molecule has 1 aromatic rings. The highest BCUT2D eigenvalue weighted by Gasteiger charge is 2.45. The van der Waals surface area contributed by atoms with E-state index in [0.717, 1.165) is 5.56 Å². The molecule has 4 nitrogen and oxygen atoms in total. The van der Waals surface area contributed by atoms with Crippen LogP contribution in [0, 0.1) is 5.92 Å². The number of hydrogen-bond acceptors (Lipinski definition) is 2. The first-order valence-corrected chi connectivity index (χ1v) is 6.58. The second-order valence-electron chi connectivity index (χ2n) is 5.18. The molecule has 20 heavy (non-hydrogen) atoms. The molecule has 0 radical (unpaired) electrons. The predicted octanol–water partition coefficient (Wildman–Crippen LogP) is -0.421. The number of benzene rings is 1. The van der Waals surface area contributed by atoms with Crippen LogP contribution in [0.15, 0.2) is 54.6 Å². The van der Waals surface area contributed by atoms with E-state index in [4.69, 9.17) is 0 Å². The number of hydrogen-bond donors (Lipinski definition) is 2. The Morgan fingerprint density at radius 1 is 1.30 bits per heavy atom. The molecule has 1 aliphatic carbocycles. The second kappa shape index (κ2) is 4.72. The van der Waals surface area contributed by atoms with Gasteiger partial charge in [-0.1, -0.05) is 48.6 Å². The molecule has 0 bridgehead atoms. The van der Waals surface area contributed by atoms with Gasteiger partial charge in [0.25, 0.3) is 5.97 Å². The third-order valence-corrected chi connectivity index (χ3v) is 3.94. The Bertz CT molecular complexity index is 618. The highest BCUT2D eigenvalue weighted by Crippen LogP contribution is 2.31. The number of carbonyl (C=O) groups is 1. The summed E-state index contributed by atoms with van der Waals surface area (Å²) in [5.41, 5.74) is -0.407. The molecule has 1 heterocycles. The van der Waals surface area contributed by atoms with Gasteiger partial charge < -0.3 is 10.2 Å². The first kappa shape index (κ1) is 12.8. The third kappa shape index (κ3) is 1.98. The van der Waals surface area contributed by atoms with Gasteiger partial charge in [0.15, 0.2) is 11.8 Å². The van der Waals surface area contributed by atoms with Crippen molar-refractivity contribution in [1.82, 2.24) is 0 Å². The summed E-state index contributed by atoms with van der Waals surface area (Å²) >= 11 is 0. The average molecular weight is 269 g/mol. The van der Waals surface area contributed by atoms with Gasteiger partial charge in [-0.2, -0.15) is 0 Å². The van der Waals surface area contributed by atoms with Crippen LogP contribution in [0.25, 0.3) is 0 Å². The molecule has 0 amide bonds. The van der Waals surface area contributed by atoms with Crippen LogP contribution in [0.5, 0.6) is 0 Å². The molecular weight excluding hydrogens is 254 g/mol. The SMILES string of the molecule is O=C(O)C1([O-])CC(c2ccccc2)[NH+]=C2C=CC=CC21. The molecule has 0 fully saturated rings. The van der Waals surface area contributed by atoms with Crippen LogP contribution in [0.2, 0.25) is 0 Å². The summed E-state index contributed by atoms with van der Waals surface area (Å²) < 4.78 is 0. The molecule has 0 spiro atoms. The molecule has 2 aliphatic rings. The normalized spacial score (nSPS) is 31.6. The zero-order valence-corrected chi connectivity index (χ0v) is 10.8. The lowest BCUT2D eigenvalue weighted by Gasteiger charge is -2.44. The van der Waals surface area contributed by atoms with Gasteiger partial charge in [-0.15, -0.1) is 0 Å². The Labute approximate surface area is 116 Å². The zero-order valence-electron chi connectivity index (χ0n) is 10.8. The number of rotatable bonds is 2. The van der Waals surface area contributed by atoms with E-state index in [1.54, 1.807) is 18.2 Å². The van der Waals surface area contributed by atoms with Crippen molar-refractivity contribution in [2.75, 3.05) is 0 Å². The maximum absolute atomic E-state index is 12.8. The molecule has 1 aliphatic heterocycles. The van der Waals surface area contributed by atoms with Crippen LogP contribution in [0.3, 0.4) is 0 Å². The van der Waals surface area contributed by atoms with Gasteiger partial charge in [0.2, 0.25) is 0 Å². The van der Waals surface area contributed by atoms with Crippen molar-refractivity contribution < 1.29 is 20.0 Å². The summed E-state index contributed by atoms with van der Waals surface area (Å²) in [5, 5.41) is 22.2. The van der Waals surface area contributed by atoms with Gasteiger partial charge in [-0.3, -0.25) is 4.79 Å². The summed E-state index contributed by atoms with van der Waals surface area (Å²) in [6.07, 6.45) is 7.03. The fourth-order valence-corrected chi connectivity index (χ4v) is 2.88. The number of fused-ring (bicyclic) bond motifs is 1. The van der Waals surface area contributed by atoms with E-state index in [1.165, 1.54) is 0 Å². The van der Waals surface area contributed by atoms with Gasteiger partial charge >= 0.3 is 0 Å². The molecule has 4 heteroatoms. The van der Waals surface area contributed by atoms with Crippen molar-refractivity contribution in [3.8, 4) is 0 Å². The number of allylic oxidation sites excluding steroid dienone is 3. The fourth-order valence-electron chi connectivity index (χ4n) is 2.88. The standard InChI is InChI=1S/C16H14NO3/c18-15(19)16(20)10-14(11-6-2-1-3-7-11)17-13-9-5-4-8-12(13)16/h1-9,12,14H,10H2,(H,18,19)/q-1/p+1. The maximum Gasteiger partial charge on any atom is 0.294 e. The lowest BCUT2D eigenvalue weighted by molar-refractivity contribution is -0.559. The van der Waals surface area contributed by atoms with E-state index in [-0.39, 0.29) is 12.5 Å². The Kier molecular flexibility index (Phi) is 3.03. The monoisotopic (exact) mass is 269 g/mol. The van der Waals surface area contributed by atoms with Crippen LogP contribution in [-0.2, 0) is 4.79 Å². The Morgan fingerprint density at radius 2 is 2.05 bits per heavy atom. The van der Waals surface area contributed by atoms with Gasteiger partial charge in [0.05, 0.1) is 5.92 Å². The van der Waals surface area contributed by atoms with Crippen molar-refractivity contribution >= 4 is 11.7 Å². The molecule has 102 valence electrons. The van der Waals surface area contributed by atoms with E-state index in [1.807, 2.05) is 36.4 Å². The number of carboxylic acid groups (broad SMARTS) is 1. The van der Waals surface area contributed by atoms with Gasteiger partial charge in [-0.25, -0.2) is 4.99 Å². The molecule has 1 aromatic carbocycles. The summed E-state index contributed by atoms with van der Waals surface area (Å²) in [4.78, 5) is 14.8. The van der Waals surface area contributed by atoms with Crippen LogP contribution in [0.1, 0.15) is 18.0 Å². The maximum atomic E-state index is 12.8. The van der Waals surface area contributed by atoms with Gasteiger partial charge in [-0.05, 0) is 0 Å². The number of nitrogens with one attached hydrogen (secondary N) is 1. The number of carboxylic acids is 1. The highest BCUT2D eigenvalue weighted by atomic mass is 16.4. The fraction of sp³-hybridized carbons (Fsp3) is 0.250. The highest BCUT2D eigenvalue weighted by molar-refractivity contribution is 6.00. The summed E-state index contributed by atoms with van der Waals surface area (Å²) in [6.45, 7) is 0. The third-order valence-electron chi connectivity index (χ3n) is 3.94. The Balaban J connectivity index is 2.06. The predicted molar refractivity (Wildman–Crippen MR) is 71.9 cm³/mol. The Morgan fingerprint density at radius 3 is 2.75 bits per heavy atom. The molecule has 0 saturated carbocycles. The topological polar surface area (TPSA) is 74.3 Å². The molecule has 0 aromatic heterocycles. The summed E-state index contributed by atoms with van der Waals surface area (Å²) in [6, 6.07) is 9.21. The average Bonchev–Trinajstić information content (AvgIpc) is 2.48. The van der Waals surface area contributed by atoms with Crippen LogP contribution in [0.4, 0.5) is 0 Å². The minimum Gasteiger partial charge on any atom is -0.840 e. The Hall–Kier alpha value is -2.20. The van der Waals surface area contributed by atoms with Crippen LogP contribution < -0.4 is 10.1 Å². The van der Waals surface area contributed by atoms with Gasteiger partial charge in [0, 0.05) is 23.7 Å². The quantitative estimate of drug-likeness (QED) is 0.765. The van der Waals surface area contributed by atoms with Gasteiger partial charge in [0.1, 0.15) is 0 Å². The smallest absolute Gasteiger partial charge is 0.294 e. The second-order valence-corrected chi connectivity index (χ2v) is 5.18. The lowest BCUT2D eigenvalue weighted by Crippen LogP contribution is -2.83. The van der Waals surface area contributed by atoms with E-state index in [0.29, 0.717) is 5.71 Å². The zero-order chi connectivity index (χ0) is 14.2. The first-order chi connectivity index (χ1) is 9.61. The van der Waals surface area contributed by atoms with Crippen LogP contribution >= 0.6 is 0 Å². The van der Waals surface area contributed by atoms with E-state index < -0.39 is 17.5 Å². The molecule has 0 saturated heterocycles. The van der Waals surface area contributed by atoms with E-state index >= 15 is 0 Å². The molecular formula is C16H15NO3. The first-order valence-electron chi connectivity index (χ1n) is 6.58. The van der Waals surface area contributed by atoms with Crippen molar-refractivity contribution in [3.63, 3.8) is 0 Å². The number of aliphatic carboxylic acids is 1. The van der Waals surface area contributed by atoms with Crippen molar-refractivity contribution in [2.24, 2.45) is 5.92 Å². The van der Waals surface area contributed by atoms with E-state index in [9.17, 15) is 15.0 Å². The molecule has 3 unspecified atom stereocenters. The molecule has 3 rings (SSSR count). The minimum atomic E-state index is -2.03. The minimum absolute atomic E-state index is 0.0265. The largest absolute Gasteiger partial charge is 0.840 e.